The van der Waals surface area contributed by atoms with Crippen LogP contribution < -0.4 is 5.32 Å². The van der Waals surface area contributed by atoms with Gasteiger partial charge in [0.1, 0.15) is 16.2 Å². The van der Waals surface area contributed by atoms with Crippen molar-refractivity contribution in [3.8, 4) is 0 Å². The first kappa shape index (κ1) is 13.1. The molecule has 0 spiro atoms. The summed E-state index contributed by atoms with van der Waals surface area (Å²) in [6.07, 6.45) is 7.08. The van der Waals surface area contributed by atoms with Gasteiger partial charge in [-0.2, -0.15) is 11.8 Å². The van der Waals surface area contributed by atoms with Crippen LogP contribution in [0.1, 0.15) is 37.4 Å². The molecule has 0 aromatic carbocycles. The molecule has 1 saturated carbocycles. The molecule has 1 heterocycles. The van der Waals surface area contributed by atoms with Gasteiger partial charge in [0.2, 0.25) is 0 Å². The van der Waals surface area contributed by atoms with Crippen molar-refractivity contribution in [1.82, 2.24) is 9.97 Å². The van der Waals surface area contributed by atoms with Crippen LogP contribution in [0.5, 0.6) is 0 Å². The summed E-state index contributed by atoms with van der Waals surface area (Å²) in [4.78, 5) is 8.97. The first-order chi connectivity index (χ1) is 8.29. The number of halogens is 1. The Balaban J connectivity index is 1.82. The maximum atomic E-state index is 4.56. The van der Waals surface area contributed by atoms with Crippen molar-refractivity contribution < 1.29 is 0 Å². The molecule has 0 atom stereocenters. The third-order valence-electron chi connectivity index (χ3n) is 2.74. The summed E-state index contributed by atoms with van der Waals surface area (Å²) in [7, 11) is 0. The van der Waals surface area contributed by atoms with Gasteiger partial charge in [-0.05, 0) is 53.6 Å². The molecule has 0 bridgehead atoms. The highest BCUT2D eigenvalue weighted by atomic mass is 79.9. The third kappa shape index (κ3) is 4.47. The Hall–Kier alpha value is -0.290. The lowest BCUT2D eigenvalue weighted by Gasteiger charge is -2.07. The molecular formula is C12H18BrN3S. The van der Waals surface area contributed by atoms with E-state index in [1.165, 1.54) is 31.4 Å². The number of hydrogen-bond donors (Lipinski definition) is 1. The maximum Gasteiger partial charge on any atom is 0.135 e. The molecule has 94 valence electrons. The van der Waals surface area contributed by atoms with Crippen LogP contribution in [0.15, 0.2) is 10.7 Å². The van der Waals surface area contributed by atoms with Crippen LogP contribution in [0.2, 0.25) is 0 Å². The number of aromatic nitrogens is 2. The lowest BCUT2D eigenvalue weighted by Crippen LogP contribution is -2.06. The van der Waals surface area contributed by atoms with Gasteiger partial charge in [-0.1, -0.05) is 0 Å². The van der Waals surface area contributed by atoms with E-state index >= 15 is 0 Å². The zero-order valence-electron chi connectivity index (χ0n) is 10.1. The fourth-order valence-corrected chi connectivity index (χ4v) is 2.53. The largest absolute Gasteiger partial charge is 0.370 e. The molecule has 1 aliphatic rings. The number of hydrogen-bond acceptors (Lipinski definition) is 4. The fraction of sp³-hybridized carbons (Fsp3) is 0.667. The number of nitrogens with one attached hydrogen (secondary N) is 1. The average molecular weight is 316 g/mol. The monoisotopic (exact) mass is 315 g/mol. The number of thioether (sulfide) groups is 1. The minimum Gasteiger partial charge on any atom is -0.370 e. The van der Waals surface area contributed by atoms with Crippen LogP contribution in [0.3, 0.4) is 0 Å². The van der Waals surface area contributed by atoms with Crippen molar-refractivity contribution in [3.63, 3.8) is 0 Å². The smallest absolute Gasteiger partial charge is 0.135 e. The number of anilines is 1. The highest BCUT2D eigenvalue weighted by Crippen LogP contribution is 2.38. The Morgan fingerprint density at radius 1 is 1.41 bits per heavy atom. The van der Waals surface area contributed by atoms with Crippen LogP contribution >= 0.6 is 27.7 Å². The van der Waals surface area contributed by atoms with Crippen molar-refractivity contribution in [2.24, 2.45) is 0 Å². The summed E-state index contributed by atoms with van der Waals surface area (Å²) in [6.45, 7) is 0.994. The molecule has 0 unspecified atom stereocenters. The lowest BCUT2D eigenvalue weighted by molar-refractivity contribution is 0.832. The van der Waals surface area contributed by atoms with Crippen LogP contribution in [0, 0.1) is 0 Å². The average Bonchev–Trinajstić information content (AvgIpc) is 3.12. The van der Waals surface area contributed by atoms with Crippen LogP contribution in [0.4, 0.5) is 5.82 Å². The SMILES string of the molecule is CSCCCCNc1cc(Br)nc(C2CC2)n1. The molecule has 0 amide bonds. The molecule has 0 aliphatic heterocycles. The molecule has 5 heteroatoms. The molecule has 0 saturated heterocycles. The molecule has 3 nitrogen and oxygen atoms in total. The standard InChI is InChI=1S/C12H18BrN3S/c1-17-7-3-2-6-14-11-8-10(13)15-12(16-11)9-4-5-9/h8-9H,2-7H2,1H3,(H,14,15,16). The highest BCUT2D eigenvalue weighted by molar-refractivity contribution is 9.10. The minimum absolute atomic E-state index is 0.601. The van der Waals surface area contributed by atoms with Crippen LogP contribution in [-0.2, 0) is 0 Å². The van der Waals surface area contributed by atoms with Gasteiger partial charge in [0.05, 0.1) is 0 Å². The second kappa shape index (κ2) is 6.59. The van der Waals surface area contributed by atoms with Gasteiger partial charge in [-0.3, -0.25) is 0 Å². The molecule has 1 aromatic heterocycles. The van der Waals surface area contributed by atoms with Crippen molar-refractivity contribution in [2.75, 3.05) is 23.9 Å². The maximum absolute atomic E-state index is 4.56. The molecule has 0 radical (unpaired) electrons. The Labute approximate surface area is 115 Å². The molecule has 2 rings (SSSR count). The van der Waals surface area contributed by atoms with Crippen LogP contribution in [0.25, 0.3) is 0 Å². The number of unbranched alkanes of at least 4 members (excludes halogenated alkanes) is 1. The molecule has 1 aliphatic carbocycles. The Morgan fingerprint density at radius 2 is 2.24 bits per heavy atom. The summed E-state index contributed by atoms with van der Waals surface area (Å²) in [6, 6.07) is 1.96. The van der Waals surface area contributed by atoms with Gasteiger partial charge in [-0.15, -0.1) is 0 Å². The van der Waals surface area contributed by atoms with Gasteiger partial charge >= 0.3 is 0 Å². The fourth-order valence-electron chi connectivity index (χ4n) is 1.64. The van der Waals surface area contributed by atoms with E-state index in [4.69, 9.17) is 0 Å². The van der Waals surface area contributed by atoms with Gasteiger partial charge in [0, 0.05) is 18.5 Å². The number of rotatable bonds is 7. The van der Waals surface area contributed by atoms with E-state index in [1.54, 1.807) is 0 Å². The van der Waals surface area contributed by atoms with Crippen molar-refractivity contribution in [1.29, 1.82) is 0 Å². The molecule has 1 N–H and O–H groups in total. The minimum atomic E-state index is 0.601. The second-order valence-corrected chi connectivity index (χ2v) is 6.13. The van der Waals surface area contributed by atoms with E-state index in [1.807, 2.05) is 17.8 Å². The van der Waals surface area contributed by atoms with Crippen molar-refractivity contribution in [2.45, 2.75) is 31.6 Å². The first-order valence-corrected chi connectivity index (χ1v) is 8.25. The summed E-state index contributed by atoms with van der Waals surface area (Å²) in [5.41, 5.74) is 0. The van der Waals surface area contributed by atoms with E-state index in [0.29, 0.717) is 5.92 Å². The Bertz CT molecular complexity index is 369. The second-order valence-electron chi connectivity index (χ2n) is 4.34. The topological polar surface area (TPSA) is 37.8 Å². The normalized spacial score (nSPS) is 14.9. The molecule has 1 fully saturated rings. The zero-order valence-corrected chi connectivity index (χ0v) is 12.5. The van der Waals surface area contributed by atoms with E-state index in [-0.39, 0.29) is 0 Å². The van der Waals surface area contributed by atoms with Crippen molar-refractivity contribution in [3.05, 3.63) is 16.5 Å². The summed E-state index contributed by atoms with van der Waals surface area (Å²) >= 11 is 5.35. The predicted molar refractivity (Wildman–Crippen MR) is 77.8 cm³/mol. The number of nitrogens with zero attached hydrogens (tertiary/aromatic N) is 2. The molecule has 17 heavy (non-hydrogen) atoms. The summed E-state index contributed by atoms with van der Waals surface area (Å²) in [5, 5.41) is 3.38. The van der Waals surface area contributed by atoms with E-state index in [9.17, 15) is 0 Å². The lowest BCUT2D eigenvalue weighted by atomic mass is 10.3. The molecule has 1 aromatic rings. The van der Waals surface area contributed by atoms with Gasteiger partial charge in [0.15, 0.2) is 0 Å². The molecular weight excluding hydrogens is 298 g/mol. The van der Waals surface area contributed by atoms with E-state index in [2.05, 4.69) is 37.5 Å². The van der Waals surface area contributed by atoms with Gasteiger partial charge in [0.25, 0.3) is 0 Å². The third-order valence-corrected chi connectivity index (χ3v) is 3.84. The van der Waals surface area contributed by atoms with Gasteiger partial charge < -0.3 is 5.32 Å². The first-order valence-electron chi connectivity index (χ1n) is 6.07. The van der Waals surface area contributed by atoms with Crippen molar-refractivity contribution >= 4 is 33.5 Å². The summed E-state index contributed by atoms with van der Waals surface area (Å²) in [5.74, 6) is 3.79. The predicted octanol–water partition coefficient (Wildman–Crippen LogP) is 3.67. The van der Waals surface area contributed by atoms with Gasteiger partial charge in [-0.25, -0.2) is 9.97 Å². The van der Waals surface area contributed by atoms with E-state index in [0.717, 1.165) is 22.8 Å². The Kier molecular flexibility index (Phi) is 5.10. The summed E-state index contributed by atoms with van der Waals surface area (Å²) < 4.78 is 0.890. The quantitative estimate of drug-likeness (QED) is 0.615. The highest BCUT2D eigenvalue weighted by Gasteiger charge is 2.27. The Morgan fingerprint density at radius 3 is 2.94 bits per heavy atom. The zero-order chi connectivity index (χ0) is 12.1. The van der Waals surface area contributed by atoms with E-state index < -0.39 is 0 Å². The van der Waals surface area contributed by atoms with Crippen LogP contribution in [-0.4, -0.2) is 28.5 Å².